The number of hydrogen-bond acceptors (Lipinski definition) is 2. The Morgan fingerprint density at radius 2 is 2.06 bits per heavy atom. The Labute approximate surface area is 102 Å². The highest BCUT2D eigenvalue weighted by atomic mass is 32.1. The lowest BCUT2D eigenvalue weighted by atomic mass is 9.89. The zero-order chi connectivity index (χ0) is 10.8. The van der Waals surface area contributed by atoms with E-state index in [4.69, 9.17) is 0 Å². The molecule has 1 aromatic heterocycles. The summed E-state index contributed by atoms with van der Waals surface area (Å²) in [6.45, 7) is 1.22. The fourth-order valence-electron chi connectivity index (χ4n) is 2.94. The van der Waals surface area contributed by atoms with Crippen LogP contribution in [0.4, 0.5) is 0 Å². The van der Waals surface area contributed by atoms with Gasteiger partial charge in [0.15, 0.2) is 0 Å². The highest BCUT2D eigenvalue weighted by molar-refractivity contribution is 7.10. The molecule has 2 heteroatoms. The first-order valence-corrected chi connectivity index (χ1v) is 7.58. The second kappa shape index (κ2) is 4.89. The summed E-state index contributed by atoms with van der Waals surface area (Å²) in [5, 5.41) is 5.96. The lowest BCUT2D eigenvalue weighted by Crippen LogP contribution is -2.26. The Hall–Kier alpha value is -0.340. The molecule has 0 radical (unpaired) electrons. The molecule has 1 heterocycles. The van der Waals surface area contributed by atoms with Crippen LogP contribution in [-0.4, -0.2) is 12.6 Å². The standard InChI is InChI=1S/C14H21NS/c1-2-5-11(4-1)13(10-15-12-7-8-12)14-6-3-9-16-14/h3,6,9,11-13,15H,1-2,4-5,7-8,10H2. The van der Waals surface area contributed by atoms with Gasteiger partial charge < -0.3 is 5.32 Å². The molecule has 0 aliphatic heterocycles. The minimum absolute atomic E-state index is 0.795. The summed E-state index contributed by atoms with van der Waals surface area (Å²) in [7, 11) is 0. The number of nitrogens with one attached hydrogen (secondary N) is 1. The van der Waals surface area contributed by atoms with Gasteiger partial charge in [-0.25, -0.2) is 0 Å². The first-order valence-electron chi connectivity index (χ1n) is 6.70. The first-order chi connectivity index (χ1) is 7.93. The molecule has 0 amide bonds. The number of hydrogen-bond donors (Lipinski definition) is 1. The van der Waals surface area contributed by atoms with Crippen molar-refractivity contribution in [2.24, 2.45) is 5.92 Å². The molecular weight excluding hydrogens is 214 g/mol. The third-order valence-corrected chi connectivity index (χ3v) is 5.09. The van der Waals surface area contributed by atoms with Crippen LogP contribution in [0.2, 0.25) is 0 Å². The Morgan fingerprint density at radius 1 is 1.25 bits per heavy atom. The molecule has 1 aromatic rings. The van der Waals surface area contributed by atoms with Crippen molar-refractivity contribution in [2.45, 2.75) is 50.5 Å². The minimum atomic E-state index is 0.795. The van der Waals surface area contributed by atoms with E-state index in [1.165, 1.54) is 45.1 Å². The third kappa shape index (κ3) is 2.49. The number of rotatable bonds is 5. The van der Waals surface area contributed by atoms with E-state index in [0.29, 0.717) is 0 Å². The van der Waals surface area contributed by atoms with Crippen LogP contribution in [-0.2, 0) is 0 Å². The van der Waals surface area contributed by atoms with Gasteiger partial charge in [-0.2, -0.15) is 0 Å². The predicted molar refractivity (Wildman–Crippen MR) is 70.0 cm³/mol. The van der Waals surface area contributed by atoms with Crippen LogP contribution in [0.1, 0.15) is 49.3 Å². The second-order valence-electron chi connectivity index (χ2n) is 5.35. The van der Waals surface area contributed by atoms with Crippen LogP contribution in [0.15, 0.2) is 17.5 Å². The summed E-state index contributed by atoms with van der Waals surface area (Å²) in [4.78, 5) is 1.61. The molecular formula is C14H21NS. The van der Waals surface area contributed by atoms with E-state index < -0.39 is 0 Å². The van der Waals surface area contributed by atoms with Gasteiger partial charge in [0.2, 0.25) is 0 Å². The fourth-order valence-corrected chi connectivity index (χ4v) is 3.86. The van der Waals surface area contributed by atoms with E-state index in [9.17, 15) is 0 Å². The highest BCUT2D eigenvalue weighted by Gasteiger charge is 2.29. The zero-order valence-electron chi connectivity index (χ0n) is 9.82. The normalized spacial score (nSPS) is 23.8. The van der Waals surface area contributed by atoms with E-state index in [2.05, 4.69) is 22.8 Å². The topological polar surface area (TPSA) is 12.0 Å². The Bertz CT molecular complexity index is 309. The largest absolute Gasteiger partial charge is 0.313 e. The monoisotopic (exact) mass is 235 g/mol. The summed E-state index contributed by atoms with van der Waals surface area (Å²) in [5.74, 6) is 1.74. The zero-order valence-corrected chi connectivity index (χ0v) is 10.6. The minimum Gasteiger partial charge on any atom is -0.313 e. The molecule has 1 unspecified atom stereocenters. The van der Waals surface area contributed by atoms with Gasteiger partial charge >= 0.3 is 0 Å². The summed E-state index contributed by atoms with van der Waals surface area (Å²) in [6, 6.07) is 5.39. The van der Waals surface area contributed by atoms with Crippen LogP contribution in [0, 0.1) is 5.92 Å². The van der Waals surface area contributed by atoms with Gasteiger partial charge in [0.25, 0.3) is 0 Å². The van der Waals surface area contributed by atoms with E-state index in [1.54, 1.807) is 4.88 Å². The summed E-state index contributed by atoms with van der Waals surface area (Å²) in [5.41, 5.74) is 0. The Morgan fingerprint density at radius 3 is 2.69 bits per heavy atom. The maximum absolute atomic E-state index is 3.73. The van der Waals surface area contributed by atoms with Crippen LogP contribution in [0.25, 0.3) is 0 Å². The van der Waals surface area contributed by atoms with Crippen molar-refractivity contribution in [1.82, 2.24) is 5.32 Å². The highest BCUT2D eigenvalue weighted by Crippen LogP contribution is 2.39. The van der Waals surface area contributed by atoms with Crippen molar-refractivity contribution in [2.75, 3.05) is 6.54 Å². The molecule has 0 aromatic carbocycles. The maximum atomic E-state index is 3.73. The van der Waals surface area contributed by atoms with Gasteiger partial charge in [0, 0.05) is 23.4 Å². The van der Waals surface area contributed by atoms with Crippen molar-refractivity contribution in [3.8, 4) is 0 Å². The molecule has 88 valence electrons. The fraction of sp³-hybridized carbons (Fsp3) is 0.714. The summed E-state index contributed by atoms with van der Waals surface area (Å²) in [6.07, 6.45) is 8.62. The average Bonchev–Trinajstić information content (AvgIpc) is 2.82. The molecule has 2 fully saturated rings. The van der Waals surface area contributed by atoms with E-state index in [0.717, 1.165) is 17.9 Å². The predicted octanol–water partition coefficient (Wildman–Crippen LogP) is 3.77. The third-order valence-electron chi connectivity index (χ3n) is 4.08. The SMILES string of the molecule is c1csc(C(CNC2CC2)C2CCCC2)c1. The first kappa shape index (κ1) is 10.8. The molecule has 0 spiro atoms. The molecule has 0 bridgehead atoms. The van der Waals surface area contributed by atoms with E-state index >= 15 is 0 Å². The second-order valence-corrected chi connectivity index (χ2v) is 6.33. The quantitative estimate of drug-likeness (QED) is 0.819. The lowest BCUT2D eigenvalue weighted by molar-refractivity contribution is 0.415. The Balaban J connectivity index is 1.66. The van der Waals surface area contributed by atoms with E-state index in [1.807, 2.05) is 11.3 Å². The molecule has 3 rings (SSSR count). The summed E-state index contributed by atoms with van der Waals surface area (Å²) < 4.78 is 0. The van der Waals surface area contributed by atoms with Gasteiger partial charge in [-0.05, 0) is 43.0 Å². The van der Waals surface area contributed by atoms with Gasteiger partial charge in [-0.3, -0.25) is 0 Å². The van der Waals surface area contributed by atoms with Gasteiger partial charge in [0.05, 0.1) is 0 Å². The molecule has 2 aliphatic rings. The smallest absolute Gasteiger partial charge is 0.00916 e. The number of thiophene rings is 1. The molecule has 1 atom stereocenters. The molecule has 16 heavy (non-hydrogen) atoms. The van der Waals surface area contributed by atoms with Crippen molar-refractivity contribution >= 4 is 11.3 Å². The van der Waals surface area contributed by atoms with Crippen LogP contribution in [0.3, 0.4) is 0 Å². The summed E-state index contributed by atoms with van der Waals surface area (Å²) >= 11 is 1.95. The molecule has 1 nitrogen and oxygen atoms in total. The van der Waals surface area contributed by atoms with E-state index in [-0.39, 0.29) is 0 Å². The Kier molecular flexibility index (Phi) is 3.30. The molecule has 2 aliphatic carbocycles. The van der Waals surface area contributed by atoms with Gasteiger partial charge in [0.1, 0.15) is 0 Å². The molecule has 2 saturated carbocycles. The van der Waals surface area contributed by atoms with Crippen molar-refractivity contribution in [1.29, 1.82) is 0 Å². The van der Waals surface area contributed by atoms with Crippen molar-refractivity contribution in [3.63, 3.8) is 0 Å². The van der Waals surface area contributed by atoms with Crippen molar-refractivity contribution in [3.05, 3.63) is 22.4 Å². The lowest BCUT2D eigenvalue weighted by Gasteiger charge is -2.22. The molecule has 1 N–H and O–H groups in total. The van der Waals surface area contributed by atoms with Crippen molar-refractivity contribution < 1.29 is 0 Å². The van der Waals surface area contributed by atoms with Gasteiger partial charge in [-0.15, -0.1) is 11.3 Å². The average molecular weight is 235 g/mol. The maximum Gasteiger partial charge on any atom is 0.00916 e. The van der Waals surface area contributed by atoms with Gasteiger partial charge in [-0.1, -0.05) is 18.9 Å². The van der Waals surface area contributed by atoms with Crippen LogP contribution >= 0.6 is 11.3 Å². The van der Waals surface area contributed by atoms with Crippen LogP contribution in [0.5, 0.6) is 0 Å². The molecule has 0 saturated heterocycles. The van der Waals surface area contributed by atoms with Crippen LogP contribution < -0.4 is 5.32 Å².